The van der Waals surface area contributed by atoms with E-state index < -0.39 is 12.5 Å². The number of rotatable bonds is 6. The van der Waals surface area contributed by atoms with E-state index in [9.17, 15) is 13.6 Å². The molecule has 0 bridgehead atoms. The Morgan fingerprint density at radius 1 is 1.13 bits per heavy atom. The first-order chi connectivity index (χ1) is 14.4. The van der Waals surface area contributed by atoms with Gasteiger partial charge in [0.05, 0.1) is 17.6 Å². The highest BCUT2D eigenvalue weighted by molar-refractivity contribution is 5.97. The van der Waals surface area contributed by atoms with E-state index in [-0.39, 0.29) is 17.9 Å². The van der Waals surface area contributed by atoms with Gasteiger partial charge in [-0.05, 0) is 24.3 Å². The van der Waals surface area contributed by atoms with E-state index in [0.717, 1.165) is 10.9 Å². The van der Waals surface area contributed by atoms with Crippen molar-refractivity contribution in [2.24, 2.45) is 0 Å². The Kier molecular flexibility index (Phi) is 5.13. The number of alkyl halides is 2. The predicted molar refractivity (Wildman–Crippen MR) is 107 cm³/mol. The summed E-state index contributed by atoms with van der Waals surface area (Å²) in [7, 11) is 3.69. The molecule has 1 N–H and O–H groups in total. The molecule has 154 valence electrons. The number of amides is 1. The maximum atomic E-state index is 12.6. The Morgan fingerprint density at radius 2 is 1.87 bits per heavy atom. The Morgan fingerprint density at radius 3 is 2.63 bits per heavy atom. The molecule has 2 heterocycles. The molecule has 4 rings (SSSR count). The molecule has 0 atom stereocenters. The number of carbonyl (C=O) groups excluding carboxylic acids is 1. The number of fused-ring (bicyclic) bond motifs is 3. The minimum absolute atomic E-state index is 0.00246. The standard InChI is InChI=1S/C20H18F2N6O2/c1-27(2)20-24-14-9-5-3-7-12(14)17-25-16(26-28(17)20)11-23-18(29)13-8-4-6-10-15(13)30-19(21)22/h3-10,19H,11H2,1-2H3,(H,23,29). The highest BCUT2D eigenvalue weighted by Crippen LogP contribution is 2.22. The van der Waals surface area contributed by atoms with Crippen LogP contribution in [0.25, 0.3) is 16.6 Å². The number of ether oxygens (including phenoxy) is 1. The predicted octanol–water partition coefficient (Wildman–Crippen LogP) is 2.87. The van der Waals surface area contributed by atoms with E-state index in [2.05, 4.69) is 25.1 Å². The van der Waals surface area contributed by atoms with Gasteiger partial charge < -0.3 is 15.0 Å². The third-order valence-corrected chi connectivity index (χ3v) is 4.36. The molecule has 0 aliphatic heterocycles. The van der Waals surface area contributed by atoms with Crippen LogP contribution >= 0.6 is 0 Å². The van der Waals surface area contributed by atoms with Crippen molar-refractivity contribution in [3.63, 3.8) is 0 Å². The van der Waals surface area contributed by atoms with Gasteiger partial charge in [-0.2, -0.15) is 13.3 Å². The number of halogens is 2. The number of aromatic nitrogens is 4. The largest absolute Gasteiger partial charge is 0.434 e. The van der Waals surface area contributed by atoms with E-state index in [1.54, 1.807) is 10.6 Å². The van der Waals surface area contributed by atoms with Crippen molar-refractivity contribution in [3.05, 3.63) is 59.9 Å². The molecule has 30 heavy (non-hydrogen) atoms. The topological polar surface area (TPSA) is 84.7 Å². The summed E-state index contributed by atoms with van der Waals surface area (Å²) in [6, 6.07) is 13.4. The molecule has 1 amide bonds. The van der Waals surface area contributed by atoms with Crippen molar-refractivity contribution in [2.45, 2.75) is 13.2 Å². The molecule has 0 unspecified atom stereocenters. The van der Waals surface area contributed by atoms with Gasteiger partial charge in [0.15, 0.2) is 11.5 Å². The Bertz CT molecular complexity index is 1220. The number of carbonyl (C=O) groups is 1. The molecule has 0 fully saturated rings. The first-order valence-electron chi connectivity index (χ1n) is 9.08. The van der Waals surface area contributed by atoms with Crippen LogP contribution < -0.4 is 15.0 Å². The minimum atomic E-state index is -3.02. The molecule has 0 aliphatic carbocycles. The quantitative estimate of drug-likeness (QED) is 0.524. The normalized spacial score (nSPS) is 11.2. The maximum absolute atomic E-state index is 12.6. The van der Waals surface area contributed by atoms with Gasteiger partial charge in [-0.15, -0.1) is 5.10 Å². The van der Waals surface area contributed by atoms with Crippen molar-refractivity contribution in [1.82, 2.24) is 24.9 Å². The zero-order valence-electron chi connectivity index (χ0n) is 16.2. The van der Waals surface area contributed by atoms with Gasteiger partial charge in [0.1, 0.15) is 5.75 Å². The van der Waals surface area contributed by atoms with Crippen molar-refractivity contribution in [3.8, 4) is 5.75 Å². The number of hydrogen-bond acceptors (Lipinski definition) is 6. The molecule has 0 aliphatic rings. The third-order valence-electron chi connectivity index (χ3n) is 4.36. The van der Waals surface area contributed by atoms with Crippen LogP contribution in [0.1, 0.15) is 16.2 Å². The average molecular weight is 412 g/mol. The van der Waals surface area contributed by atoms with Gasteiger partial charge in [-0.25, -0.2) is 9.97 Å². The number of nitrogens with zero attached hydrogens (tertiary/aromatic N) is 5. The lowest BCUT2D eigenvalue weighted by Crippen LogP contribution is -2.24. The summed E-state index contributed by atoms with van der Waals surface area (Å²) in [5.74, 6) is 0.181. The van der Waals surface area contributed by atoms with E-state index in [0.29, 0.717) is 17.4 Å². The lowest BCUT2D eigenvalue weighted by molar-refractivity contribution is -0.0501. The Hall–Kier alpha value is -3.82. The van der Waals surface area contributed by atoms with Crippen molar-refractivity contribution in [2.75, 3.05) is 19.0 Å². The van der Waals surface area contributed by atoms with Gasteiger partial charge in [0.25, 0.3) is 5.91 Å². The number of nitrogens with one attached hydrogen (secondary N) is 1. The molecule has 0 saturated carbocycles. The molecular formula is C20H18F2N6O2. The average Bonchev–Trinajstić information content (AvgIpc) is 3.15. The second-order valence-corrected chi connectivity index (χ2v) is 6.64. The second-order valence-electron chi connectivity index (χ2n) is 6.64. The second kappa shape index (κ2) is 7.90. The summed E-state index contributed by atoms with van der Waals surface area (Å²) in [5.41, 5.74) is 1.38. The van der Waals surface area contributed by atoms with E-state index >= 15 is 0 Å². The molecule has 8 nitrogen and oxygen atoms in total. The van der Waals surface area contributed by atoms with Gasteiger partial charge in [-0.3, -0.25) is 4.79 Å². The molecule has 0 radical (unpaired) electrons. The van der Waals surface area contributed by atoms with E-state index in [4.69, 9.17) is 0 Å². The van der Waals surface area contributed by atoms with Crippen LogP contribution in [-0.2, 0) is 6.54 Å². The van der Waals surface area contributed by atoms with Gasteiger partial charge in [0, 0.05) is 19.5 Å². The first kappa shape index (κ1) is 19.5. The van der Waals surface area contributed by atoms with E-state index in [1.807, 2.05) is 43.3 Å². The summed E-state index contributed by atoms with van der Waals surface area (Å²) in [4.78, 5) is 23.5. The third kappa shape index (κ3) is 3.71. The fraction of sp³-hybridized carbons (Fsp3) is 0.200. The lowest BCUT2D eigenvalue weighted by atomic mass is 10.2. The molecule has 10 heteroatoms. The van der Waals surface area contributed by atoms with Crippen LogP contribution in [0.5, 0.6) is 5.75 Å². The highest BCUT2D eigenvalue weighted by atomic mass is 19.3. The first-order valence-corrected chi connectivity index (χ1v) is 9.08. The number of para-hydroxylation sites is 2. The van der Waals surface area contributed by atoms with Crippen molar-refractivity contribution < 1.29 is 18.3 Å². The van der Waals surface area contributed by atoms with Crippen LogP contribution in [0.3, 0.4) is 0 Å². The molecule has 0 spiro atoms. The number of benzene rings is 2. The van der Waals surface area contributed by atoms with Crippen LogP contribution in [0.2, 0.25) is 0 Å². The number of anilines is 1. The van der Waals surface area contributed by atoms with E-state index in [1.165, 1.54) is 18.2 Å². The summed E-state index contributed by atoms with van der Waals surface area (Å²) >= 11 is 0. The Labute approximate surface area is 170 Å². The summed E-state index contributed by atoms with van der Waals surface area (Å²) in [6.07, 6.45) is 0. The summed E-state index contributed by atoms with van der Waals surface area (Å²) in [5, 5.41) is 7.93. The summed E-state index contributed by atoms with van der Waals surface area (Å²) in [6.45, 7) is -3.02. The van der Waals surface area contributed by atoms with Gasteiger partial charge >= 0.3 is 6.61 Å². The molecule has 4 aromatic rings. The molecular weight excluding hydrogens is 394 g/mol. The monoisotopic (exact) mass is 412 g/mol. The van der Waals surface area contributed by atoms with Crippen LogP contribution in [0, 0.1) is 0 Å². The smallest absolute Gasteiger partial charge is 0.387 e. The van der Waals surface area contributed by atoms with Crippen LogP contribution in [0.4, 0.5) is 14.7 Å². The maximum Gasteiger partial charge on any atom is 0.387 e. The van der Waals surface area contributed by atoms with Crippen LogP contribution in [0.15, 0.2) is 48.5 Å². The zero-order chi connectivity index (χ0) is 21.3. The van der Waals surface area contributed by atoms with Crippen LogP contribution in [-0.4, -0.2) is 46.2 Å². The van der Waals surface area contributed by atoms with Crippen molar-refractivity contribution in [1.29, 1.82) is 0 Å². The van der Waals surface area contributed by atoms with Gasteiger partial charge in [0.2, 0.25) is 5.95 Å². The van der Waals surface area contributed by atoms with Crippen molar-refractivity contribution >= 4 is 28.4 Å². The fourth-order valence-corrected chi connectivity index (χ4v) is 3.06. The Balaban J connectivity index is 1.63. The minimum Gasteiger partial charge on any atom is -0.434 e. The molecule has 2 aromatic carbocycles. The SMILES string of the molecule is CN(C)c1nc2ccccc2c2nc(CNC(=O)c3ccccc3OC(F)F)nn12. The van der Waals surface area contributed by atoms with Gasteiger partial charge in [-0.1, -0.05) is 24.3 Å². The zero-order valence-corrected chi connectivity index (χ0v) is 16.2. The molecule has 0 saturated heterocycles. The summed E-state index contributed by atoms with van der Waals surface area (Å²) < 4.78 is 31.2. The highest BCUT2D eigenvalue weighted by Gasteiger charge is 2.18. The fourth-order valence-electron chi connectivity index (χ4n) is 3.06. The molecule has 2 aromatic heterocycles. The number of hydrogen-bond donors (Lipinski definition) is 1. The lowest BCUT2D eigenvalue weighted by Gasteiger charge is -2.13.